The first kappa shape index (κ1) is 70.7. The summed E-state index contributed by atoms with van der Waals surface area (Å²) in [6.07, 6.45) is 66.2. The minimum Gasteiger partial charge on any atom is -0.756 e. The summed E-state index contributed by atoms with van der Waals surface area (Å²) in [7, 11) is 1.17. The van der Waals surface area contributed by atoms with Crippen molar-refractivity contribution in [1.82, 2.24) is 5.32 Å². The maximum Gasteiger partial charge on any atom is 0.306 e. The van der Waals surface area contributed by atoms with Crippen molar-refractivity contribution in [3.63, 3.8) is 0 Å². The van der Waals surface area contributed by atoms with E-state index in [4.69, 9.17) is 13.8 Å². The third-order valence-electron chi connectivity index (χ3n) is 13.5. The molecule has 0 radical (unpaired) electrons. The third-order valence-corrected chi connectivity index (χ3v) is 14.5. The van der Waals surface area contributed by atoms with Gasteiger partial charge in [-0.1, -0.05) is 249 Å². The standard InChI is InChI=1S/C63H117N2O7P/c1-7-10-13-16-19-22-25-28-29-30-31-32-33-34-35-38-41-44-47-50-53-56-63(67)72-61(54-51-48-45-42-39-36-26-23-20-17-14-11-8-2)60(59-71-73(68,69)70-58-57-65(4,5)6)64-62(66)55-52-49-46-43-40-37-27-24-21-18-15-12-9-3/h12,15,18,21,24,27-29,51,54,60-61H,7-11,13-14,16-17,19-20,22-23,25-26,30-50,52-53,55-59H2,1-6H3,(H-,64,66,68,69)/b15-12+,21-18+,27-24-,29-28+,54-51-. The molecule has 0 bridgehead atoms. The molecule has 0 aromatic rings. The van der Waals surface area contributed by atoms with Gasteiger partial charge >= 0.3 is 5.97 Å². The summed E-state index contributed by atoms with van der Waals surface area (Å²) in [5, 5.41) is 3.01. The first-order chi connectivity index (χ1) is 35.4. The SMILES string of the molecule is CC/C=C/C=C/C=C\CCCCCCCC(=O)NC(COP(=O)([O-])OCC[N+](C)(C)C)C(/C=C\CCCCCCCCCCCCC)OC(=O)CCCCCCCCCCCCC/C=C/CCCCCCCC. The van der Waals surface area contributed by atoms with Crippen LogP contribution in [0.25, 0.3) is 0 Å². The van der Waals surface area contributed by atoms with E-state index in [1.165, 1.54) is 161 Å². The Morgan fingerprint density at radius 3 is 1.34 bits per heavy atom. The lowest BCUT2D eigenvalue weighted by Gasteiger charge is -2.30. The molecular formula is C63H117N2O7P. The molecule has 0 rings (SSSR count). The Hall–Kier alpha value is -2.29. The Morgan fingerprint density at radius 2 is 0.890 bits per heavy atom. The minimum atomic E-state index is -4.70. The van der Waals surface area contributed by atoms with Crippen LogP contribution in [0.1, 0.15) is 278 Å². The van der Waals surface area contributed by atoms with Gasteiger partial charge in [0.1, 0.15) is 19.3 Å². The van der Waals surface area contributed by atoms with Gasteiger partial charge in [-0.2, -0.15) is 0 Å². The molecule has 0 aliphatic heterocycles. The zero-order valence-electron chi connectivity index (χ0n) is 48.6. The quantitative estimate of drug-likeness (QED) is 0.0161. The molecule has 0 aromatic carbocycles. The van der Waals surface area contributed by atoms with Gasteiger partial charge in [-0.15, -0.1) is 0 Å². The second-order valence-electron chi connectivity index (χ2n) is 21.9. The number of likely N-dealkylation sites (N-methyl/N-ethyl adjacent to an activating group) is 1. The number of amides is 1. The van der Waals surface area contributed by atoms with Gasteiger partial charge in [0.15, 0.2) is 0 Å². The Labute approximate surface area is 451 Å². The monoisotopic (exact) mass is 1040 g/mol. The Kier molecular flexibility index (Phi) is 51.5. The molecule has 0 saturated heterocycles. The highest BCUT2D eigenvalue weighted by Gasteiger charge is 2.27. The summed E-state index contributed by atoms with van der Waals surface area (Å²) in [6, 6.07) is -0.899. The van der Waals surface area contributed by atoms with Crippen molar-refractivity contribution in [2.45, 2.75) is 290 Å². The lowest BCUT2D eigenvalue weighted by atomic mass is 10.0. The smallest absolute Gasteiger partial charge is 0.306 e. The minimum absolute atomic E-state index is 0.0275. The number of nitrogens with one attached hydrogen (secondary N) is 1. The maximum absolute atomic E-state index is 13.5. The van der Waals surface area contributed by atoms with E-state index in [0.29, 0.717) is 23.9 Å². The van der Waals surface area contributed by atoms with Crippen LogP contribution >= 0.6 is 7.82 Å². The van der Waals surface area contributed by atoms with Crippen molar-refractivity contribution in [1.29, 1.82) is 0 Å². The first-order valence-electron chi connectivity index (χ1n) is 30.6. The summed E-state index contributed by atoms with van der Waals surface area (Å²) in [5.41, 5.74) is 0. The van der Waals surface area contributed by atoms with Gasteiger partial charge in [0.2, 0.25) is 5.91 Å². The van der Waals surface area contributed by atoms with Crippen LogP contribution in [0.4, 0.5) is 0 Å². The van der Waals surface area contributed by atoms with Crippen LogP contribution in [0, 0.1) is 0 Å². The average Bonchev–Trinajstić information content (AvgIpc) is 3.35. The molecule has 1 N–H and O–H groups in total. The highest BCUT2D eigenvalue weighted by molar-refractivity contribution is 7.45. The number of unbranched alkanes of at least 4 members (excludes halogenated alkanes) is 33. The lowest BCUT2D eigenvalue weighted by molar-refractivity contribution is -0.870. The zero-order valence-corrected chi connectivity index (χ0v) is 49.5. The van der Waals surface area contributed by atoms with Gasteiger partial charge in [-0.05, 0) is 76.7 Å². The highest BCUT2D eigenvalue weighted by Crippen LogP contribution is 2.38. The fourth-order valence-electron chi connectivity index (χ4n) is 8.75. The molecule has 0 heterocycles. The number of quaternary nitrogens is 1. The largest absolute Gasteiger partial charge is 0.756 e. The second kappa shape index (κ2) is 53.1. The average molecular weight is 1050 g/mol. The highest BCUT2D eigenvalue weighted by atomic mass is 31.2. The van der Waals surface area contributed by atoms with Crippen LogP contribution in [0.15, 0.2) is 60.8 Å². The van der Waals surface area contributed by atoms with Crippen molar-refractivity contribution in [2.75, 3.05) is 40.9 Å². The number of phosphoric ester groups is 1. The summed E-state index contributed by atoms with van der Waals surface area (Å²) in [4.78, 5) is 39.9. The molecule has 0 fully saturated rings. The Morgan fingerprint density at radius 1 is 0.493 bits per heavy atom. The molecular weight excluding hydrogens is 928 g/mol. The maximum atomic E-state index is 13.5. The van der Waals surface area contributed by atoms with E-state index in [-0.39, 0.29) is 24.9 Å². The number of carbonyl (C=O) groups is 2. The molecule has 1 amide bonds. The number of hydrogen-bond acceptors (Lipinski definition) is 7. The van der Waals surface area contributed by atoms with Gasteiger partial charge in [0.25, 0.3) is 7.82 Å². The van der Waals surface area contributed by atoms with Gasteiger partial charge in [0.05, 0.1) is 33.8 Å². The number of esters is 1. The molecule has 0 saturated carbocycles. The number of phosphoric acid groups is 1. The summed E-state index contributed by atoms with van der Waals surface area (Å²) < 4.78 is 30.3. The van der Waals surface area contributed by atoms with Crippen LogP contribution in [-0.4, -0.2) is 69.4 Å². The van der Waals surface area contributed by atoms with Crippen LogP contribution in [0.2, 0.25) is 0 Å². The van der Waals surface area contributed by atoms with Crippen LogP contribution in [0.3, 0.4) is 0 Å². The topological polar surface area (TPSA) is 114 Å². The van der Waals surface area contributed by atoms with E-state index < -0.39 is 26.6 Å². The number of rotatable bonds is 55. The molecule has 3 atom stereocenters. The number of ether oxygens (including phenoxy) is 1. The summed E-state index contributed by atoms with van der Waals surface area (Å²) in [6.45, 7) is 6.70. The van der Waals surface area contributed by atoms with Crippen molar-refractivity contribution < 1.29 is 37.3 Å². The fraction of sp³-hybridized carbons (Fsp3) is 0.810. The van der Waals surface area contributed by atoms with Gasteiger partial charge in [-0.3, -0.25) is 14.2 Å². The van der Waals surface area contributed by atoms with Crippen molar-refractivity contribution in [2.24, 2.45) is 0 Å². The normalized spacial score (nSPS) is 14.1. The summed E-state index contributed by atoms with van der Waals surface area (Å²) in [5.74, 6) is -0.561. The molecule has 0 spiro atoms. The van der Waals surface area contributed by atoms with Gasteiger partial charge < -0.3 is 28.5 Å². The van der Waals surface area contributed by atoms with Crippen LogP contribution in [-0.2, 0) is 27.9 Å². The van der Waals surface area contributed by atoms with Crippen LogP contribution < -0.4 is 10.2 Å². The molecule has 10 heteroatoms. The van der Waals surface area contributed by atoms with Crippen molar-refractivity contribution in [3.05, 3.63) is 60.8 Å². The Bertz CT molecular complexity index is 1440. The van der Waals surface area contributed by atoms with E-state index in [0.717, 1.165) is 77.0 Å². The third kappa shape index (κ3) is 54.3. The zero-order chi connectivity index (χ0) is 53.6. The van der Waals surface area contributed by atoms with Crippen molar-refractivity contribution in [3.8, 4) is 0 Å². The number of nitrogens with zero attached hydrogens (tertiary/aromatic N) is 1. The second-order valence-corrected chi connectivity index (χ2v) is 23.3. The molecule has 9 nitrogen and oxygen atoms in total. The molecule has 0 aliphatic carbocycles. The molecule has 3 unspecified atom stereocenters. The molecule has 0 aromatic heterocycles. The molecule has 0 aliphatic rings. The van der Waals surface area contributed by atoms with Gasteiger partial charge in [0, 0.05) is 12.8 Å². The van der Waals surface area contributed by atoms with E-state index in [1.54, 1.807) is 0 Å². The Balaban J connectivity index is 5.24. The summed E-state index contributed by atoms with van der Waals surface area (Å²) >= 11 is 0. The predicted molar refractivity (Wildman–Crippen MR) is 312 cm³/mol. The van der Waals surface area contributed by atoms with Gasteiger partial charge in [-0.25, -0.2) is 0 Å². The van der Waals surface area contributed by atoms with E-state index in [1.807, 2.05) is 39.4 Å². The number of hydrogen-bond donors (Lipinski definition) is 1. The van der Waals surface area contributed by atoms with E-state index in [9.17, 15) is 19.0 Å². The van der Waals surface area contributed by atoms with Crippen LogP contribution in [0.5, 0.6) is 0 Å². The van der Waals surface area contributed by atoms with Crippen molar-refractivity contribution >= 4 is 19.7 Å². The predicted octanol–water partition coefficient (Wildman–Crippen LogP) is 18.0. The van der Waals surface area contributed by atoms with E-state index in [2.05, 4.69) is 68.6 Å². The van der Waals surface area contributed by atoms with E-state index >= 15 is 0 Å². The lowest BCUT2D eigenvalue weighted by Crippen LogP contribution is -2.47. The number of carbonyl (C=O) groups excluding carboxylic acids is 2. The molecule has 73 heavy (non-hydrogen) atoms. The first-order valence-corrected chi connectivity index (χ1v) is 32.1. The number of allylic oxidation sites excluding steroid dienone is 9. The fourth-order valence-corrected chi connectivity index (χ4v) is 9.48. The molecule has 426 valence electrons.